The number of aliphatic hydroxyl groups excluding tert-OH is 7. The maximum atomic E-state index is 13.5. The molecule has 2 fully saturated rings. The Balaban J connectivity index is 1.40. The van der Waals surface area contributed by atoms with Crippen molar-refractivity contribution < 1.29 is 78.8 Å². The SMILES string of the molecule is COc1cc(-c2coc3cc(O[C@@H]4O[C@H](CO[C@@H]5O[C@H](CO)[C@@H](O)[C@H](O)[C@H]5O)[C@@H](O)[C@H](O)[C@H]4O)c(OC)c(O)c3c2=O)ccc1O. The van der Waals surface area contributed by atoms with E-state index in [4.69, 9.17) is 32.8 Å². The van der Waals surface area contributed by atoms with E-state index in [1.54, 1.807) is 0 Å². The molecular formula is C29H34O17. The average Bonchev–Trinajstić information content (AvgIpc) is 3.04. The van der Waals surface area contributed by atoms with Crippen LogP contribution in [0.1, 0.15) is 0 Å². The molecule has 10 atom stereocenters. The van der Waals surface area contributed by atoms with Crippen molar-refractivity contribution in [3.63, 3.8) is 0 Å². The standard InChI is InChI=1S/C29H34O17/c1-40-13-5-10(3-4-12(13)31)11-8-42-14-6-15(27(41-2)22(35)18(14)19(11)32)44-29-26(39)24(37)21(34)17(46-29)9-43-28-25(38)23(36)20(33)16(7-30)45-28/h3-6,8,16-17,20-21,23-26,28-31,33-39H,7,9H2,1-2H3/t16-,17-,20-,21-,23+,24+,25-,26-,28-,29-/m1/s1. The summed E-state index contributed by atoms with van der Waals surface area (Å²) in [5.41, 5.74) is -0.509. The molecule has 2 aliphatic rings. The van der Waals surface area contributed by atoms with E-state index in [1.165, 1.54) is 31.4 Å². The van der Waals surface area contributed by atoms with Crippen LogP contribution < -0.4 is 19.6 Å². The number of hydrogen-bond donors (Lipinski definition) is 9. The Morgan fingerprint density at radius 3 is 2.09 bits per heavy atom. The summed E-state index contributed by atoms with van der Waals surface area (Å²) in [6, 6.07) is 5.33. The van der Waals surface area contributed by atoms with Crippen molar-refractivity contribution in [3.05, 3.63) is 40.8 Å². The second-order valence-electron chi connectivity index (χ2n) is 10.7. The van der Waals surface area contributed by atoms with E-state index >= 15 is 0 Å². The molecular weight excluding hydrogens is 620 g/mol. The number of aliphatic hydroxyl groups is 7. The van der Waals surface area contributed by atoms with Crippen LogP contribution in [0.4, 0.5) is 0 Å². The lowest BCUT2D eigenvalue weighted by molar-refractivity contribution is -0.323. The number of phenolic OH excluding ortho intramolecular Hbond substituents is 2. The highest BCUT2D eigenvalue weighted by molar-refractivity contribution is 5.91. The Labute approximate surface area is 259 Å². The van der Waals surface area contributed by atoms with Crippen LogP contribution >= 0.6 is 0 Å². The van der Waals surface area contributed by atoms with Crippen molar-refractivity contribution in [3.8, 4) is 39.9 Å². The van der Waals surface area contributed by atoms with E-state index in [0.717, 1.165) is 13.4 Å². The normalized spacial score (nSPS) is 31.5. The number of rotatable bonds is 9. The summed E-state index contributed by atoms with van der Waals surface area (Å²) >= 11 is 0. The molecule has 3 aromatic rings. The van der Waals surface area contributed by atoms with Gasteiger partial charge in [0, 0.05) is 6.07 Å². The van der Waals surface area contributed by atoms with Crippen LogP contribution in [-0.2, 0) is 14.2 Å². The van der Waals surface area contributed by atoms with Gasteiger partial charge in [-0.15, -0.1) is 0 Å². The summed E-state index contributed by atoms with van der Waals surface area (Å²) in [6.45, 7) is -1.31. The van der Waals surface area contributed by atoms with Gasteiger partial charge < -0.3 is 78.8 Å². The summed E-state index contributed by atoms with van der Waals surface area (Å²) in [4.78, 5) is 13.5. The molecule has 0 saturated carbocycles. The number of phenols is 2. The zero-order valence-corrected chi connectivity index (χ0v) is 24.4. The van der Waals surface area contributed by atoms with Gasteiger partial charge in [0.15, 0.2) is 29.3 Å². The van der Waals surface area contributed by atoms with Gasteiger partial charge in [-0.1, -0.05) is 6.07 Å². The molecule has 17 heteroatoms. The smallest absolute Gasteiger partial charge is 0.229 e. The third kappa shape index (κ3) is 6.05. The molecule has 1 aromatic heterocycles. The lowest BCUT2D eigenvalue weighted by atomic mass is 9.98. The molecule has 0 radical (unpaired) electrons. The van der Waals surface area contributed by atoms with Crippen molar-refractivity contribution in [2.75, 3.05) is 27.4 Å². The van der Waals surface area contributed by atoms with Crippen LogP contribution in [0, 0.1) is 0 Å². The molecule has 9 N–H and O–H groups in total. The second kappa shape index (κ2) is 13.5. The molecule has 252 valence electrons. The Hall–Kier alpha value is -3.75. The van der Waals surface area contributed by atoms with Crippen LogP contribution in [0.3, 0.4) is 0 Å². The fourth-order valence-corrected chi connectivity index (χ4v) is 5.23. The molecule has 5 rings (SSSR count). The average molecular weight is 655 g/mol. The molecule has 0 amide bonds. The molecule has 0 aliphatic carbocycles. The molecule has 0 unspecified atom stereocenters. The molecule has 2 saturated heterocycles. The predicted octanol–water partition coefficient (Wildman–Crippen LogP) is -2.11. The predicted molar refractivity (Wildman–Crippen MR) is 151 cm³/mol. The van der Waals surface area contributed by atoms with Gasteiger partial charge in [0.2, 0.25) is 17.5 Å². The van der Waals surface area contributed by atoms with Crippen LogP contribution in [0.2, 0.25) is 0 Å². The lowest BCUT2D eigenvalue weighted by Crippen LogP contribution is -2.62. The highest BCUT2D eigenvalue weighted by atomic mass is 16.7. The monoisotopic (exact) mass is 654 g/mol. The zero-order chi connectivity index (χ0) is 33.4. The summed E-state index contributed by atoms with van der Waals surface area (Å²) in [5, 5.41) is 91.9. The summed E-state index contributed by atoms with van der Waals surface area (Å²) in [6.07, 6.45) is -15.5. The molecule has 0 spiro atoms. The molecule has 46 heavy (non-hydrogen) atoms. The molecule has 0 bridgehead atoms. The number of methoxy groups -OCH3 is 2. The van der Waals surface area contributed by atoms with E-state index in [-0.39, 0.29) is 39.5 Å². The first-order chi connectivity index (χ1) is 21.9. The van der Waals surface area contributed by atoms with Gasteiger partial charge in [0.1, 0.15) is 66.1 Å². The van der Waals surface area contributed by atoms with E-state index in [1.807, 2.05) is 0 Å². The van der Waals surface area contributed by atoms with Gasteiger partial charge in [-0.05, 0) is 17.7 Å². The molecule has 2 aromatic carbocycles. The number of benzene rings is 2. The lowest BCUT2D eigenvalue weighted by Gasteiger charge is -2.42. The minimum atomic E-state index is -1.86. The molecule has 3 heterocycles. The third-order valence-corrected chi connectivity index (χ3v) is 7.84. The maximum Gasteiger partial charge on any atom is 0.229 e. The van der Waals surface area contributed by atoms with Gasteiger partial charge in [0.05, 0.1) is 33.0 Å². The van der Waals surface area contributed by atoms with Crippen LogP contribution in [0.15, 0.2) is 39.7 Å². The first-order valence-corrected chi connectivity index (χ1v) is 13.9. The van der Waals surface area contributed by atoms with Gasteiger partial charge in [0.25, 0.3) is 0 Å². The van der Waals surface area contributed by atoms with E-state index in [0.29, 0.717) is 5.56 Å². The third-order valence-electron chi connectivity index (χ3n) is 7.84. The first kappa shape index (κ1) is 33.6. The Bertz CT molecular complexity index is 1590. The zero-order valence-electron chi connectivity index (χ0n) is 24.4. The van der Waals surface area contributed by atoms with Gasteiger partial charge in [-0.3, -0.25) is 4.79 Å². The summed E-state index contributed by atoms with van der Waals surface area (Å²) in [5.74, 6) is -1.42. The van der Waals surface area contributed by atoms with Crippen molar-refractivity contribution >= 4 is 11.0 Å². The highest BCUT2D eigenvalue weighted by Gasteiger charge is 2.48. The largest absolute Gasteiger partial charge is 0.504 e. The topological polar surface area (TPSA) is 268 Å². The van der Waals surface area contributed by atoms with Crippen molar-refractivity contribution in [1.29, 1.82) is 0 Å². The number of aromatic hydroxyl groups is 2. The van der Waals surface area contributed by atoms with Gasteiger partial charge >= 0.3 is 0 Å². The minimum Gasteiger partial charge on any atom is -0.504 e. The van der Waals surface area contributed by atoms with E-state index in [9.17, 15) is 50.8 Å². The first-order valence-electron chi connectivity index (χ1n) is 13.9. The van der Waals surface area contributed by atoms with Crippen molar-refractivity contribution in [1.82, 2.24) is 0 Å². The fourth-order valence-electron chi connectivity index (χ4n) is 5.23. The van der Waals surface area contributed by atoms with Crippen LogP contribution in [-0.4, -0.2) is 135 Å². The summed E-state index contributed by atoms with van der Waals surface area (Å²) < 4.78 is 38.0. The Kier molecular flexibility index (Phi) is 9.89. The maximum absolute atomic E-state index is 13.5. The minimum absolute atomic E-state index is 0.0159. The fraction of sp³-hybridized carbons (Fsp3) is 0.483. The van der Waals surface area contributed by atoms with Crippen molar-refractivity contribution in [2.24, 2.45) is 0 Å². The van der Waals surface area contributed by atoms with Gasteiger partial charge in [-0.2, -0.15) is 0 Å². The van der Waals surface area contributed by atoms with E-state index < -0.39 is 85.8 Å². The number of ether oxygens (including phenoxy) is 6. The summed E-state index contributed by atoms with van der Waals surface area (Å²) in [7, 11) is 2.50. The van der Waals surface area contributed by atoms with Crippen LogP contribution in [0.5, 0.6) is 28.7 Å². The quantitative estimate of drug-likeness (QED) is 0.119. The second-order valence-corrected chi connectivity index (χ2v) is 10.7. The van der Waals surface area contributed by atoms with Crippen LogP contribution in [0.25, 0.3) is 22.1 Å². The van der Waals surface area contributed by atoms with Gasteiger partial charge in [-0.25, -0.2) is 0 Å². The molecule has 17 nitrogen and oxygen atoms in total. The number of fused-ring (bicyclic) bond motifs is 1. The Morgan fingerprint density at radius 2 is 1.43 bits per heavy atom. The van der Waals surface area contributed by atoms with Crippen molar-refractivity contribution in [2.45, 2.75) is 61.4 Å². The number of hydrogen-bond acceptors (Lipinski definition) is 17. The highest BCUT2D eigenvalue weighted by Crippen LogP contribution is 2.43. The van der Waals surface area contributed by atoms with E-state index in [2.05, 4.69) is 0 Å². The molecule has 2 aliphatic heterocycles. The Morgan fingerprint density at radius 1 is 0.783 bits per heavy atom.